The standard InChI is InChI=1S/C23H23NO8S/c1-15-3-5-18-16(12-23(26)32-20(18)11-15)14-31-22(25)7-8-24-33(27,28)17-4-6-19-21(13-17)30-10-2-9-29-19/h3-6,11-13,24H,2,7-10,14H2,1H3. The fraction of sp³-hybridized carbons (Fsp3) is 0.304. The first kappa shape index (κ1) is 22.8. The summed E-state index contributed by atoms with van der Waals surface area (Å²) in [7, 11) is -3.85. The smallest absolute Gasteiger partial charge is 0.336 e. The molecule has 9 nitrogen and oxygen atoms in total. The number of ether oxygens (including phenoxy) is 3. The summed E-state index contributed by atoms with van der Waals surface area (Å²) in [6.07, 6.45) is 0.530. The number of hydrogen-bond donors (Lipinski definition) is 1. The summed E-state index contributed by atoms with van der Waals surface area (Å²) in [6.45, 7) is 2.54. The predicted molar refractivity (Wildman–Crippen MR) is 119 cm³/mol. The molecule has 1 aliphatic heterocycles. The van der Waals surface area contributed by atoms with Crippen molar-refractivity contribution in [3.05, 3.63) is 64.0 Å². The van der Waals surface area contributed by atoms with Crippen molar-refractivity contribution in [2.24, 2.45) is 0 Å². The predicted octanol–water partition coefficient (Wildman–Crippen LogP) is 2.67. The van der Waals surface area contributed by atoms with E-state index in [4.69, 9.17) is 18.6 Å². The van der Waals surface area contributed by atoms with Crippen LogP contribution in [0.25, 0.3) is 11.0 Å². The lowest BCUT2D eigenvalue weighted by atomic mass is 10.1. The summed E-state index contributed by atoms with van der Waals surface area (Å²) in [4.78, 5) is 23.9. The summed E-state index contributed by atoms with van der Waals surface area (Å²) in [6, 6.07) is 11.0. The number of sulfonamides is 1. The quantitative estimate of drug-likeness (QED) is 0.411. The summed E-state index contributed by atoms with van der Waals surface area (Å²) >= 11 is 0. The van der Waals surface area contributed by atoms with Crippen molar-refractivity contribution in [2.45, 2.75) is 31.3 Å². The third-order valence-corrected chi connectivity index (χ3v) is 6.48. The second-order valence-corrected chi connectivity index (χ2v) is 9.32. The molecule has 0 unspecified atom stereocenters. The number of carbonyl (C=O) groups is 1. The lowest BCUT2D eigenvalue weighted by molar-refractivity contribution is -0.144. The summed E-state index contributed by atoms with van der Waals surface area (Å²) in [5.41, 5.74) is 1.32. The largest absolute Gasteiger partial charge is 0.490 e. The highest BCUT2D eigenvalue weighted by molar-refractivity contribution is 7.89. The van der Waals surface area contributed by atoms with Crippen molar-refractivity contribution in [1.29, 1.82) is 0 Å². The van der Waals surface area contributed by atoms with E-state index in [0.717, 1.165) is 5.56 Å². The van der Waals surface area contributed by atoms with Crippen molar-refractivity contribution in [1.82, 2.24) is 4.72 Å². The van der Waals surface area contributed by atoms with Gasteiger partial charge in [-0.25, -0.2) is 17.9 Å². The number of carbonyl (C=O) groups excluding carboxylic acids is 1. The molecule has 0 atom stereocenters. The van der Waals surface area contributed by atoms with E-state index in [0.29, 0.717) is 47.7 Å². The van der Waals surface area contributed by atoms with E-state index in [1.807, 2.05) is 13.0 Å². The topological polar surface area (TPSA) is 121 Å². The highest BCUT2D eigenvalue weighted by atomic mass is 32.2. The molecule has 3 aromatic rings. The van der Waals surface area contributed by atoms with E-state index in [1.165, 1.54) is 18.2 Å². The Hall–Kier alpha value is -3.37. The molecule has 0 radical (unpaired) electrons. The van der Waals surface area contributed by atoms with Gasteiger partial charge in [0.1, 0.15) is 12.2 Å². The van der Waals surface area contributed by atoms with E-state index in [1.54, 1.807) is 18.2 Å². The van der Waals surface area contributed by atoms with Crippen molar-refractivity contribution in [2.75, 3.05) is 19.8 Å². The second kappa shape index (κ2) is 9.63. The van der Waals surface area contributed by atoms with Crippen LogP contribution in [0.4, 0.5) is 0 Å². The molecule has 10 heteroatoms. The van der Waals surface area contributed by atoms with Crippen LogP contribution >= 0.6 is 0 Å². The minimum absolute atomic E-state index is 0.0119. The maximum absolute atomic E-state index is 12.6. The zero-order valence-corrected chi connectivity index (χ0v) is 18.8. The molecule has 0 spiro atoms. The Morgan fingerprint density at radius 3 is 2.67 bits per heavy atom. The average molecular weight is 474 g/mol. The van der Waals surface area contributed by atoms with Gasteiger partial charge in [-0.05, 0) is 30.7 Å². The van der Waals surface area contributed by atoms with Crippen molar-refractivity contribution >= 4 is 27.0 Å². The van der Waals surface area contributed by atoms with Crippen molar-refractivity contribution in [3.63, 3.8) is 0 Å². The minimum atomic E-state index is -3.85. The third kappa shape index (κ3) is 5.52. The van der Waals surface area contributed by atoms with E-state index >= 15 is 0 Å². The highest BCUT2D eigenvalue weighted by Gasteiger charge is 2.19. The van der Waals surface area contributed by atoms with Crippen LogP contribution in [0, 0.1) is 6.92 Å². The molecule has 0 bridgehead atoms. The first-order valence-corrected chi connectivity index (χ1v) is 11.9. The molecule has 0 saturated heterocycles. The lowest BCUT2D eigenvalue weighted by Crippen LogP contribution is -2.26. The van der Waals surface area contributed by atoms with Crippen LogP contribution in [0.1, 0.15) is 24.0 Å². The van der Waals surface area contributed by atoms with Gasteiger partial charge in [0, 0.05) is 36.0 Å². The lowest BCUT2D eigenvalue weighted by Gasteiger charge is -2.11. The fourth-order valence-electron chi connectivity index (χ4n) is 3.37. The summed E-state index contributed by atoms with van der Waals surface area (Å²) in [5, 5.41) is 0.670. The number of aryl methyl sites for hydroxylation is 1. The first-order chi connectivity index (χ1) is 15.8. The Labute approximate surface area is 190 Å². The molecule has 2 heterocycles. The molecule has 0 aliphatic carbocycles. The molecule has 0 saturated carbocycles. The molecule has 1 N–H and O–H groups in total. The van der Waals surface area contributed by atoms with Gasteiger partial charge in [0.25, 0.3) is 0 Å². The highest BCUT2D eigenvalue weighted by Crippen LogP contribution is 2.31. The van der Waals surface area contributed by atoms with Crippen LogP contribution in [0.2, 0.25) is 0 Å². The molecule has 4 rings (SSSR count). The number of esters is 1. The van der Waals surface area contributed by atoms with E-state index in [9.17, 15) is 18.0 Å². The summed E-state index contributed by atoms with van der Waals surface area (Å²) in [5.74, 6) is 0.252. The number of benzene rings is 2. The van der Waals surface area contributed by atoms with Gasteiger partial charge in [-0.15, -0.1) is 0 Å². The van der Waals surface area contributed by atoms with Gasteiger partial charge in [0.05, 0.1) is 24.5 Å². The number of rotatable bonds is 7. The van der Waals surface area contributed by atoms with E-state index in [2.05, 4.69) is 4.72 Å². The molecule has 2 aromatic carbocycles. The van der Waals surface area contributed by atoms with Gasteiger partial charge in [0.2, 0.25) is 10.0 Å². The molecule has 33 heavy (non-hydrogen) atoms. The zero-order valence-electron chi connectivity index (χ0n) is 18.0. The van der Waals surface area contributed by atoms with Gasteiger partial charge in [-0.3, -0.25) is 4.79 Å². The maximum Gasteiger partial charge on any atom is 0.336 e. The van der Waals surface area contributed by atoms with Crippen LogP contribution in [-0.4, -0.2) is 34.1 Å². The van der Waals surface area contributed by atoms with Crippen LogP contribution in [0.3, 0.4) is 0 Å². The van der Waals surface area contributed by atoms with Gasteiger partial charge in [-0.2, -0.15) is 0 Å². The normalized spacial score (nSPS) is 13.5. The molecular weight excluding hydrogens is 450 g/mol. The zero-order chi connectivity index (χ0) is 23.4. The third-order valence-electron chi connectivity index (χ3n) is 5.02. The Morgan fingerprint density at radius 2 is 1.85 bits per heavy atom. The van der Waals surface area contributed by atoms with Crippen LogP contribution < -0.4 is 19.8 Å². The fourth-order valence-corrected chi connectivity index (χ4v) is 4.42. The van der Waals surface area contributed by atoms with E-state index < -0.39 is 21.6 Å². The van der Waals surface area contributed by atoms with Crippen LogP contribution in [-0.2, 0) is 26.2 Å². The number of hydrogen-bond acceptors (Lipinski definition) is 8. The molecule has 0 fully saturated rings. The first-order valence-electron chi connectivity index (χ1n) is 10.4. The monoisotopic (exact) mass is 473 g/mol. The average Bonchev–Trinajstić information content (AvgIpc) is 3.02. The van der Waals surface area contributed by atoms with Gasteiger partial charge in [0.15, 0.2) is 11.5 Å². The molecular formula is C23H23NO8S. The molecule has 0 amide bonds. The SMILES string of the molecule is Cc1ccc2c(COC(=O)CCNS(=O)(=O)c3ccc4c(c3)OCCCO4)cc(=O)oc2c1. The number of fused-ring (bicyclic) bond motifs is 2. The van der Waals surface area contributed by atoms with Crippen LogP contribution in [0.15, 0.2) is 56.6 Å². The minimum Gasteiger partial charge on any atom is -0.490 e. The Kier molecular flexibility index (Phi) is 6.66. The number of nitrogens with one attached hydrogen (secondary N) is 1. The maximum atomic E-state index is 12.6. The second-order valence-electron chi connectivity index (χ2n) is 7.56. The summed E-state index contributed by atoms with van der Waals surface area (Å²) < 4.78 is 49.0. The Balaban J connectivity index is 1.34. The Bertz CT molecular complexity index is 1350. The van der Waals surface area contributed by atoms with Crippen LogP contribution in [0.5, 0.6) is 11.5 Å². The molecule has 1 aliphatic rings. The van der Waals surface area contributed by atoms with Gasteiger partial charge < -0.3 is 18.6 Å². The van der Waals surface area contributed by atoms with E-state index in [-0.39, 0.29) is 24.5 Å². The molecule has 1 aromatic heterocycles. The van der Waals surface area contributed by atoms with Crippen molar-refractivity contribution < 1.29 is 31.8 Å². The van der Waals surface area contributed by atoms with Gasteiger partial charge >= 0.3 is 11.6 Å². The van der Waals surface area contributed by atoms with Crippen molar-refractivity contribution in [3.8, 4) is 11.5 Å². The molecule has 174 valence electrons. The van der Waals surface area contributed by atoms with Gasteiger partial charge in [-0.1, -0.05) is 12.1 Å². The Morgan fingerprint density at radius 1 is 1.06 bits per heavy atom.